The monoisotopic (exact) mass is 310 g/mol. The van der Waals surface area contributed by atoms with E-state index in [0.29, 0.717) is 13.0 Å². The maximum absolute atomic E-state index is 12.0. The number of Topliss-reactive ketones (excluding diaryl/α,β-unsaturated/α-hetero) is 1. The molecule has 0 saturated carbocycles. The van der Waals surface area contributed by atoms with E-state index in [1.54, 1.807) is 6.92 Å². The Kier molecular flexibility index (Phi) is 4.17. The van der Waals surface area contributed by atoms with Crippen molar-refractivity contribution in [1.82, 2.24) is 0 Å². The molecule has 4 heteroatoms. The van der Waals surface area contributed by atoms with Crippen molar-refractivity contribution >= 4 is 27.7 Å². The Hall–Kier alpha value is -1.16. The van der Waals surface area contributed by atoms with Crippen LogP contribution in [0.25, 0.3) is 0 Å². The standard InChI is InChI=1S/C14H15BrO3/c1-2-18-13(17)8-10-12(16)7-6-9-4-3-5-11(15)14(9)10/h3-5,10H,2,6-8H2,1H3/t10-/m1/s1. The highest BCUT2D eigenvalue weighted by Crippen LogP contribution is 2.36. The van der Waals surface area contributed by atoms with E-state index in [4.69, 9.17) is 4.74 Å². The molecule has 2 rings (SSSR count). The van der Waals surface area contributed by atoms with Crippen LogP contribution in [0.4, 0.5) is 0 Å². The molecule has 0 aromatic heterocycles. The van der Waals surface area contributed by atoms with Crippen molar-refractivity contribution in [1.29, 1.82) is 0 Å². The van der Waals surface area contributed by atoms with Gasteiger partial charge in [0.2, 0.25) is 0 Å². The zero-order valence-electron chi connectivity index (χ0n) is 10.2. The summed E-state index contributed by atoms with van der Waals surface area (Å²) in [5, 5.41) is 0. The van der Waals surface area contributed by atoms with E-state index >= 15 is 0 Å². The minimum Gasteiger partial charge on any atom is -0.466 e. The van der Waals surface area contributed by atoms with Gasteiger partial charge in [-0.15, -0.1) is 0 Å². The van der Waals surface area contributed by atoms with Crippen molar-refractivity contribution in [3.63, 3.8) is 0 Å². The summed E-state index contributed by atoms with van der Waals surface area (Å²) >= 11 is 3.47. The highest BCUT2D eigenvalue weighted by Gasteiger charge is 2.31. The summed E-state index contributed by atoms with van der Waals surface area (Å²) in [6.45, 7) is 2.12. The Morgan fingerprint density at radius 3 is 2.94 bits per heavy atom. The summed E-state index contributed by atoms with van der Waals surface area (Å²) in [5.74, 6) is -0.537. The first kappa shape index (κ1) is 13.3. The molecule has 1 atom stereocenters. The molecule has 1 aromatic rings. The van der Waals surface area contributed by atoms with Crippen LogP contribution in [0, 0.1) is 0 Å². The summed E-state index contributed by atoms with van der Waals surface area (Å²) in [6.07, 6.45) is 1.41. The fourth-order valence-corrected chi connectivity index (χ4v) is 3.07. The van der Waals surface area contributed by atoms with Crippen LogP contribution >= 0.6 is 15.9 Å². The van der Waals surface area contributed by atoms with Crippen LogP contribution in [0.5, 0.6) is 0 Å². The van der Waals surface area contributed by atoms with Gasteiger partial charge < -0.3 is 4.74 Å². The number of esters is 1. The molecule has 1 aliphatic carbocycles. The molecule has 0 heterocycles. The number of ketones is 1. The minimum atomic E-state index is -0.358. The topological polar surface area (TPSA) is 43.4 Å². The second kappa shape index (κ2) is 5.65. The first-order valence-corrected chi connectivity index (χ1v) is 6.88. The van der Waals surface area contributed by atoms with E-state index in [-0.39, 0.29) is 24.1 Å². The second-order valence-corrected chi connectivity index (χ2v) is 5.20. The molecule has 18 heavy (non-hydrogen) atoms. The van der Waals surface area contributed by atoms with Gasteiger partial charge in [-0.2, -0.15) is 0 Å². The third-order valence-electron chi connectivity index (χ3n) is 3.20. The molecule has 0 fully saturated rings. The van der Waals surface area contributed by atoms with Crippen LogP contribution in [0.2, 0.25) is 0 Å². The van der Waals surface area contributed by atoms with Gasteiger partial charge in [0.25, 0.3) is 0 Å². The van der Waals surface area contributed by atoms with Crippen LogP contribution < -0.4 is 0 Å². The van der Waals surface area contributed by atoms with E-state index in [1.807, 2.05) is 18.2 Å². The van der Waals surface area contributed by atoms with Gasteiger partial charge in [0.15, 0.2) is 0 Å². The molecule has 0 saturated heterocycles. The summed E-state index contributed by atoms with van der Waals surface area (Å²) < 4.78 is 5.85. The van der Waals surface area contributed by atoms with E-state index in [1.165, 1.54) is 0 Å². The molecular formula is C14H15BrO3. The maximum atomic E-state index is 12.0. The average molecular weight is 311 g/mol. The zero-order valence-corrected chi connectivity index (χ0v) is 11.8. The van der Waals surface area contributed by atoms with Crippen molar-refractivity contribution in [3.05, 3.63) is 33.8 Å². The predicted octanol–water partition coefficient (Wildman–Crippen LogP) is 3.00. The van der Waals surface area contributed by atoms with Gasteiger partial charge in [-0.25, -0.2) is 0 Å². The average Bonchev–Trinajstić information content (AvgIpc) is 2.33. The van der Waals surface area contributed by atoms with E-state index < -0.39 is 0 Å². The number of hydrogen-bond acceptors (Lipinski definition) is 3. The molecule has 96 valence electrons. The molecule has 0 unspecified atom stereocenters. The van der Waals surface area contributed by atoms with Gasteiger partial charge in [-0.05, 0) is 30.5 Å². The fourth-order valence-electron chi connectivity index (χ4n) is 2.39. The van der Waals surface area contributed by atoms with Crippen LogP contribution in [0.15, 0.2) is 22.7 Å². The highest BCUT2D eigenvalue weighted by molar-refractivity contribution is 9.10. The van der Waals surface area contributed by atoms with Crippen molar-refractivity contribution in [2.24, 2.45) is 0 Å². The highest BCUT2D eigenvalue weighted by atomic mass is 79.9. The largest absolute Gasteiger partial charge is 0.466 e. The summed E-state index contributed by atoms with van der Waals surface area (Å²) in [5.41, 5.74) is 2.11. The van der Waals surface area contributed by atoms with E-state index in [0.717, 1.165) is 22.0 Å². The lowest BCUT2D eigenvalue weighted by Crippen LogP contribution is -2.24. The molecule has 0 N–H and O–H groups in total. The smallest absolute Gasteiger partial charge is 0.306 e. The van der Waals surface area contributed by atoms with Crippen molar-refractivity contribution in [2.75, 3.05) is 6.61 Å². The van der Waals surface area contributed by atoms with Gasteiger partial charge >= 0.3 is 5.97 Å². The van der Waals surface area contributed by atoms with Gasteiger partial charge in [-0.1, -0.05) is 28.1 Å². The Labute approximate surface area is 115 Å². The number of hydrogen-bond donors (Lipinski definition) is 0. The summed E-state index contributed by atoms with van der Waals surface area (Å²) in [6, 6.07) is 5.89. The Morgan fingerprint density at radius 1 is 1.44 bits per heavy atom. The van der Waals surface area contributed by atoms with Crippen LogP contribution in [-0.4, -0.2) is 18.4 Å². The lowest BCUT2D eigenvalue weighted by molar-refractivity contribution is -0.145. The second-order valence-electron chi connectivity index (χ2n) is 4.34. The molecule has 0 aliphatic heterocycles. The number of ether oxygens (including phenoxy) is 1. The summed E-state index contributed by atoms with van der Waals surface area (Å²) in [7, 11) is 0. The number of carbonyl (C=O) groups excluding carboxylic acids is 2. The Bertz CT molecular complexity index is 482. The number of halogens is 1. The van der Waals surface area contributed by atoms with Gasteiger partial charge in [-0.3, -0.25) is 9.59 Å². The Morgan fingerprint density at radius 2 is 2.22 bits per heavy atom. The number of carbonyl (C=O) groups is 2. The first-order chi connectivity index (χ1) is 8.63. The third-order valence-corrected chi connectivity index (χ3v) is 3.89. The van der Waals surface area contributed by atoms with Gasteiger partial charge in [0.05, 0.1) is 18.9 Å². The molecule has 0 bridgehead atoms. The quantitative estimate of drug-likeness (QED) is 0.806. The van der Waals surface area contributed by atoms with Crippen LogP contribution in [0.1, 0.15) is 36.8 Å². The number of fused-ring (bicyclic) bond motifs is 1. The SMILES string of the molecule is CCOC(=O)C[C@@H]1C(=O)CCc2cccc(Br)c21. The molecule has 0 radical (unpaired) electrons. The van der Waals surface area contributed by atoms with E-state index in [9.17, 15) is 9.59 Å². The lowest BCUT2D eigenvalue weighted by atomic mass is 9.80. The molecule has 0 spiro atoms. The lowest BCUT2D eigenvalue weighted by Gasteiger charge is -2.24. The minimum absolute atomic E-state index is 0.127. The summed E-state index contributed by atoms with van der Waals surface area (Å²) in [4.78, 5) is 23.6. The fraction of sp³-hybridized carbons (Fsp3) is 0.429. The van der Waals surface area contributed by atoms with Crippen LogP contribution in [0.3, 0.4) is 0 Å². The number of rotatable bonds is 3. The van der Waals surface area contributed by atoms with Gasteiger partial charge in [0, 0.05) is 10.9 Å². The van der Waals surface area contributed by atoms with Crippen molar-refractivity contribution in [3.8, 4) is 0 Å². The van der Waals surface area contributed by atoms with Crippen molar-refractivity contribution < 1.29 is 14.3 Å². The number of benzene rings is 1. The maximum Gasteiger partial charge on any atom is 0.306 e. The third kappa shape index (κ3) is 2.64. The van der Waals surface area contributed by atoms with Crippen molar-refractivity contribution in [2.45, 2.75) is 32.1 Å². The molecule has 1 aromatic carbocycles. The number of aryl methyl sites for hydroxylation is 1. The molecule has 1 aliphatic rings. The van der Waals surface area contributed by atoms with Crippen LogP contribution in [-0.2, 0) is 20.7 Å². The predicted molar refractivity (Wildman–Crippen MR) is 71.5 cm³/mol. The zero-order chi connectivity index (χ0) is 13.1. The normalized spacial score (nSPS) is 18.3. The molecule has 0 amide bonds. The van der Waals surface area contributed by atoms with E-state index in [2.05, 4.69) is 15.9 Å². The first-order valence-electron chi connectivity index (χ1n) is 6.09. The molecular weight excluding hydrogens is 296 g/mol. The Balaban J connectivity index is 2.30. The molecule has 3 nitrogen and oxygen atoms in total. The van der Waals surface area contributed by atoms with Gasteiger partial charge in [0.1, 0.15) is 5.78 Å².